The molecular weight excluding hydrogens is 468 g/mol. The molecule has 0 spiro atoms. The van der Waals surface area contributed by atoms with Crippen LogP contribution in [0.15, 0.2) is 108 Å². The van der Waals surface area contributed by atoms with E-state index in [-0.39, 0.29) is 0 Å². The van der Waals surface area contributed by atoms with Crippen LogP contribution in [-0.4, -0.2) is 21.6 Å². The van der Waals surface area contributed by atoms with E-state index in [4.69, 9.17) is 4.63 Å². The Morgan fingerprint density at radius 3 is 2.16 bits per heavy atom. The number of nitrogens with zero attached hydrogens (tertiary/aromatic N) is 4. The van der Waals surface area contributed by atoms with E-state index in [1.54, 1.807) is 0 Å². The highest BCUT2D eigenvalue weighted by Crippen LogP contribution is 2.38. The van der Waals surface area contributed by atoms with Gasteiger partial charge in [0.2, 0.25) is 0 Å². The molecule has 0 fully saturated rings. The summed E-state index contributed by atoms with van der Waals surface area (Å²) in [6, 6.07) is 25.0. The van der Waals surface area contributed by atoms with E-state index < -0.39 is 0 Å². The van der Waals surface area contributed by atoms with E-state index in [0.717, 1.165) is 57.5 Å². The average molecular weight is 501 g/mol. The van der Waals surface area contributed by atoms with Gasteiger partial charge >= 0.3 is 0 Å². The molecule has 0 unspecified atom stereocenters. The van der Waals surface area contributed by atoms with Gasteiger partial charge in [0, 0.05) is 40.5 Å². The lowest BCUT2D eigenvalue weighted by atomic mass is 9.88. The van der Waals surface area contributed by atoms with Gasteiger partial charge in [0.15, 0.2) is 31.7 Å². The third-order valence-corrected chi connectivity index (χ3v) is 6.96. The summed E-state index contributed by atoms with van der Waals surface area (Å²) in [5.41, 5.74) is 10.5. The second-order valence-corrected chi connectivity index (χ2v) is 9.50. The molecule has 38 heavy (non-hydrogen) atoms. The maximum Gasteiger partial charge on any atom is 0.173 e. The van der Waals surface area contributed by atoms with Crippen LogP contribution in [0.5, 0.6) is 0 Å². The van der Waals surface area contributed by atoms with E-state index in [1.165, 1.54) is 11.1 Å². The highest BCUT2D eigenvalue weighted by molar-refractivity contribution is 6.02. The van der Waals surface area contributed by atoms with E-state index in [1.807, 2.05) is 42.0 Å². The van der Waals surface area contributed by atoms with Crippen molar-refractivity contribution < 1.29 is 13.8 Å². The zero-order valence-corrected chi connectivity index (χ0v) is 22.1. The fraction of sp³-hybridized carbons (Fsp3) is 0.152. The molecule has 2 heterocycles. The van der Waals surface area contributed by atoms with Crippen LogP contribution in [0.3, 0.4) is 0 Å². The van der Waals surface area contributed by atoms with Crippen LogP contribution >= 0.6 is 0 Å². The van der Waals surface area contributed by atoms with E-state index >= 15 is 0 Å². The summed E-state index contributed by atoms with van der Waals surface area (Å²) >= 11 is 0. The van der Waals surface area contributed by atoms with Crippen molar-refractivity contribution >= 4 is 23.3 Å². The molecule has 5 rings (SSSR count). The highest BCUT2D eigenvalue weighted by Gasteiger charge is 2.22. The Hall–Kier alpha value is -4.64. The number of fused-ring (bicyclic) bond motifs is 1. The summed E-state index contributed by atoms with van der Waals surface area (Å²) in [4.78, 5) is 0. The van der Waals surface area contributed by atoms with Crippen molar-refractivity contribution in [3.05, 3.63) is 131 Å². The molecule has 0 amide bonds. The van der Waals surface area contributed by atoms with Gasteiger partial charge in [-0.3, -0.25) is 0 Å². The van der Waals surface area contributed by atoms with Gasteiger partial charge in [-0.25, -0.2) is 13.8 Å². The summed E-state index contributed by atoms with van der Waals surface area (Å²) in [5, 5.41) is 8.70. The normalized spacial score (nSPS) is 11.9. The summed E-state index contributed by atoms with van der Waals surface area (Å²) in [6.07, 6.45) is 10.4. The predicted molar refractivity (Wildman–Crippen MR) is 153 cm³/mol. The number of benzene rings is 3. The second kappa shape index (κ2) is 11.2. The van der Waals surface area contributed by atoms with Crippen LogP contribution in [0.2, 0.25) is 0 Å². The third kappa shape index (κ3) is 5.23. The van der Waals surface area contributed by atoms with Crippen LogP contribution in [-0.2, 0) is 13.1 Å². The maximum absolute atomic E-state index is 5.30. The van der Waals surface area contributed by atoms with Gasteiger partial charge in [-0.05, 0) is 53.3 Å². The van der Waals surface area contributed by atoms with Crippen molar-refractivity contribution in [1.29, 1.82) is 0 Å². The van der Waals surface area contributed by atoms with Crippen LogP contribution in [0, 0.1) is 13.8 Å². The van der Waals surface area contributed by atoms with Crippen molar-refractivity contribution in [2.45, 2.75) is 33.9 Å². The Kier molecular flexibility index (Phi) is 7.36. The second-order valence-electron chi connectivity index (χ2n) is 9.50. The summed E-state index contributed by atoms with van der Waals surface area (Å²) in [7, 11) is 0. The van der Waals surface area contributed by atoms with Gasteiger partial charge in [0.25, 0.3) is 0 Å². The first-order valence-corrected chi connectivity index (χ1v) is 12.8. The van der Waals surface area contributed by atoms with Crippen LogP contribution in [0.1, 0.15) is 34.7 Å². The van der Waals surface area contributed by atoms with Crippen molar-refractivity contribution in [2.24, 2.45) is 0 Å². The Balaban J connectivity index is 1.47. The number of hydrogen-bond acceptors (Lipinski definition) is 3. The van der Waals surface area contributed by atoms with Crippen molar-refractivity contribution in [1.82, 2.24) is 10.3 Å². The van der Waals surface area contributed by atoms with Crippen LogP contribution < -0.4 is 4.57 Å². The van der Waals surface area contributed by atoms with Gasteiger partial charge in [-0.2, -0.15) is 0 Å². The SMILES string of the molecule is C=[N+](/C=C\C(=C/C)c1c(C)c(C)c(-c2cc[n+](Cc3ccccc3)cc2)c2nonc12)Cc1ccccc1. The minimum absolute atomic E-state index is 0.727. The zero-order chi connectivity index (χ0) is 26.5. The van der Waals surface area contributed by atoms with Crippen molar-refractivity contribution in [2.75, 3.05) is 0 Å². The van der Waals surface area contributed by atoms with Crippen LogP contribution in [0.25, 0.3) is 27.7 Å². The van der Waals surface area contributed by atoms with Gasteiger partial charge in [0.05, 0.1) is 0 Å². The molecule has 2 aromatic heterocycles. The Morgan fingerprint density at radius 2 is 1.50 bits per heavy atom. The van der Waals surface area contributed by atoms with Gasteiger partial charge < -0.3 is 0 Å². The molecule has 0 aliphatic rings. The Bertz CT molecular complexity index is 1630. The fourth-order valence-electron chi connectivity index (χ4n) is 4.86. The molecule has 3 aromatic carbocycles. The number of allylic oxidation sites excluding steroid dienone is 3. The summed E-state index contributed by atoms with van der Waals surface area (Å²) in [6.45, 7) is 12.1. The average Bonchev–Trinajstić information content (AvgIpc) is 3.42. The molecule has 0 atom stereocenters. The standard InChI is InChI=1S/C33H32N4O/c1-5-28(16-19-36(4)22-26-12-8-6-9-13-26)30-24(2)25(3)31(33-32(30)34-38-35-33)29-17-20-37(21-18-29)23-27-14-10-7-11-15-27/h5-21H,4,22-23H2,1-3H3/q+2/b19-16-,28-5+. The van der Waals surface area contributed by atoms with Gasteiger partial charge in [0.1, 0.15) is 17.8 Å². The lowest BCUT2D eigenvalue weighted by Crippen LogP contribution is -2.32. The molecule has 188 valence electrons. The molecule has 0 saturated carbocycles. The van der Waals surface area contributed by atoms with Crippen molar-refractivity contribution in [3.8, 4) is 11.1 Å². The minimum Gasteiger partial charge on any atom is -0.243 e. The van der Waals surface area contributed by atoms with Crippen molar-refractivity contribution in [3.63, 3.8) is 0 Å². The predicted octanol–water partition coefficient (Wildman–Crippen LogP) is 6.67. The largest absolute Gasteiger partial charge is 0.243 e. The number of rotatable bonds is 8. The molecule has 0 saturated heterocycles. The Morgan fingerprint density at radius 1 is 0.868 bits per heavy atom. The lowest BCUT2D eigenvalue weighted by Gasteiger charge is -2.15. The Labute approximate surface area is 223 Å². The minimum atomic E-state index is 0.727. The number of pyridine rings is 1. The molecule has 0 aliphatic carbocycles. The smallest absolute Gasteiger partial charge is 0.173 e. The number of hydrogen-bond donors (Lipinski definition) is 0. The fourth-order valence-corrected chi connectivity index (χ4v) is 4.86. The highest BCUT2D eigenvalue weighted by atomic mass is 16.6. The van der Waals surface area contributed by atoms with Gasteiger partial charge in [-0.1, -0.05) is 66.7 Å². The molecule has 5 heteroatoms. The molecule has 0 N–H and O–H groups in total. The van der Waals surface area contributed by atoms with Gasteiger partial charge in [-0.15, -0.1) is 0 Å². The van der Waals surface area contributed by atoms with E-state index in [0.29, 0.717) is 0 Å². The molecule has 0 radical (unpaired) electrons. The van der Waals surface area contributed by atoms with E-state index in [9.17, 15) is 0 Å². The first-order chi connectivity index (χ1) is 18.5. The molecule has 5 nitrogen and oxygen atoms in total. The third-order valence-electron chi connectivity index (χ3n) is 6.96. The lowest BCUT2D eigenvalue weighted by molar-refractivity contribution is -0.688. The monoisotopic (exact) mass is 500 g/mol. The topological polar surface area (TPSA) is 45.8 Å². The molecule has 0 bridgehead atoms. The quantitative estimate of drug-likeness (QED) is 0.136. The van der Waals surface area contributed by atoms with E-state index in [2.05, 4.69) is 109 Å². The molecular formula is C33H32N4O+2. The first kappa shape index (κ1) is 25.0. The maximum atomic E-state index is 5.30. The summed E-state index contributed by atoms with van der Waals surface area (Å²) in [5.74, 6) is 0. The number of aromatic nitrogens is 3. The zero-order valence-electron chi connectivity index (χ0n) is 22.1. The molecule has 0 aliphatic heterocycles. The first-order valence-electron chi connectivity index (χ1n) is 12.8. The molecule has 5 aromatic rings. The summed E-state index contributed by atoms with van der Waals surface area (Å²) < 4.78 is 9.41. The van der Waals surface area contributed by atoms with Crippen LogP contribution in [0.4, 0.5) is 0 Å².